The van der Waals surface area contributed by atoms with Gasteiger partial charge in [0, 0.05) is 11.8 Å². The van der Waals surface area contributed by atoms with Gasteiger partial charge < -0.3 is 19.5 Å². The van der Waals surface area contributed by atoms with Crippen LogP contribution in [0.4, 0.5) is 22.0 Å². The van der Waals surface area contributed by atoms with Crippen molar-refractivity contribution < 1.29 is 19.0 Å². The van der Waals surface area contributed by atoms with Crippen LogP contribution >= 0.6 is 0 Å². The molecule has 1 aromatic heterocycles. The molecule has 0 fully saturated rings. The summed E-state index contributed by atoms with van der Waals surface area (Å²) in [6.45, 7) is 5.66. The standard InChI is InChI=1S/C17H19N3O4/c1-17(2,3)24-16(21)20-12-5-7-15(18-9-12)19-11-4-6-13-14(8-11)23-10-22-13/h4-9H,10H2,1-3H3,(H,18,19)(H,20,21). The zero-order valence-electron chi connectivity index (χ0n) is 13.8. The summed E-state index contributed by atoms with van der Waals surface area (Å²) in [5.41, 5.74) is 0.846. The van der Waals surface area contributed by atoms with Crippen LogP contribution in [-0.2, 0) is 4.74 Å². The van der Waals surface area contributed by atoms with Gasteiger partial charge >= 0.3 is 6.09 Å². The molecule has 0 bridgehead atoms. The minimum absolute atomic E-state index is 0.238. The molecule has 24 heavy (non-hydrogen) atoms. The van der Waals surface area contributed by atoms with E-state index in [2.05, 4.69) is 15.6 Å². The van der Waals surface area contributed by atoms with Crippen molar-refractivity contribution in [3.8, 4) is 11.5 Å². The summed E-state index contributed by atoms with van der Waals surface area (Å²) in [6, 6.07) is 9.06. The molecule has 1 aromatic carbocycles. The van der Waals surface area contributed by atoms with Crippen molar-refractivity contribution in [1.29, 1.82) is 0 Å². The van der Waals surface area contributed by atoms with Gasteiger partial charge in [-0.15, -0.1) is 0 Å². The molecule has 0 radical (unpaired) electrons. The highest BCUT2D eigenvalue weighted by Gasteiger charge is 2.16. The highest BCUT2D eigenvalue weighted by atomic mass is 16.7. The quantitative estimate of drug-likeness (QED) is 0.889. The zero-order valence-corrected chi connectivity index (χ0v) is 13.8. The molecule has 126 valence electrons. The predicted octanol–water partition coefficient (Wildman–Crippen LogP) is 3.90. The Balaban J connectivity index is 1.61. The van der Waals surface area contributed by atoms with E-state index in [9.17, 15) is 4.79 Å². The predicted molar refractivity (Wildman–Crippen MR) is 89.9 cm³/mol. The lowest BCUT2D eigenvalue weighted by Gasteiger charge is -2.19. The van der Waals surface area contributed by atoms with E-state index in [1.807, 2.05) is 39.0 Å². The summed E-state index contributed by atoms with van der Waals surface area (Å²) in [4.78, 5) is 16.0. The number of hydrogen-bond acceptors (Lipinski definition) is 6. The molecule has 0 saturated heterocycles. The molecule has 2 aromatic rings. The zero-order chi connectivity index (χ0) is 17.2. The first-order chi connectivity index (χ1) is 11.4. The van der Waals surface area contributed by atoms with Gasteiger partial charge in [0.1, 0.15) is 11.4 Å². The average Bonchev–Trinajstić information content (AvgIpc) is 2.95. The molecule has 3 rings (SSSR count). The van der Waals surface area contributed by atoms with Crippen molar-refractivity contribution in [2.75, 3.05) is 17.4 Å². The second-order valence-electron chi connectivity index (χ2n) is 6.25. The number of rotatable bonds is 3. The first-order valence-electron chi connectivity index (χ1n) is 7.52. The van der Waals surface area contributed by atoms with Crippen LogP contribution in [-0.4, -0.2) is 23.5 Å². The minimum atomic E-state index is -0.543. The van der Waals surface area contributed by atoms with Crippen molar-refractivity contribution in [2.24, 2.45) is 0 Å². The third-order valence-corrected chi connectivity index (χ3v) is 3.05. The Morgan fingerprint density at radius 1 is 1.12 bits per heavy atom. The van der Waals surface area contributed by atoms with E-state index in [4.69, 9.17) is 14.2 Å². The van der Waals surface area contributed by atoms with Crippen LogP contribution < -0.4 is 20.1 Å². The van der Waals surface area contributed by atoms with E-state index in [1.165, 1.54) is 0 Å². The molecule has 7 heteroatoms. The number of fused-ring (bicyclic) bond motifs is 1. The fourth-order valence-corrected chi connectivity index (χ4v) is 2.09. The second kappa shape index (κ2) is 6.27. The van der Waals surface area contributed by atoms with Gasteiger partial charge in [-0.1, -0.05) is 0 Å². The lowest BCUT2D eigenvalue weighted by Crippen LogP contribution is -2.27. The number of amides is 1. The number of benzene rings is 1. The number of pyridine rings is 1. The third kappa shape index (κ3) is 4.07. The van der Waals surface area contributed by atoms with Gasteiger partial charge in [0.2, 0.25) is 6.79 Å². The number of ether oxygens (including phenoxy) is 3. The Labute approximate surface area is 139 Å². The van der Waals surface area contributed by atoms with Gasteiger partial charge in [0.15, 0.2) is 11.5 Å². The van der Waals surface area contributed by atoms with Gasteiger partial charge in [0.05, 0.1) is 11.9 Å². The van der Waals surface area contributed by atoms with Crippen LogP contribution in [0.1, 0.15) is 20.8 Å². The highest BCUT2D eigenvalue weighted by Crippen LogP contribution is 2.34. The Morgan fingerprint density at radius 3 is 2.58 bits per heavy atom. The molecule has 0 saturated carbocycles. The average molecular weight is 329 g/mol. The monoisotopic (exact) mass is 329 g/mol. The van der Waals surface area contributed by atoms with E-state index in [1.54, 1.807) is 18.3 Å². The molecule has 0 atom stereocenters. The van der Waals surface area contributed by atoms with Crippen molar-refractivity contribution >= 4 is 23.3 Å². The Bertz CT molecular complexity index is 738. The molecule has 7 nitrogen and oxygen atoms in total. The molecule has 2 N–H and O–H groups in total. The van der Waals surface area contributed by atoms with Crippen LogP contribution in [0, 0.1) is 0 Å². The summed E-state index contributed by atoms with van der Waals surface area (Å²) in [5, 5.41) is 5.80. The number of nitrogens with one attached hydrogen (secondary N) is 2. The molecular weight excluding hydrogens is 310 g/mol. The molecule has 2 heterocycles. The lowest BCUT2D eigenvalue weighted by molar-refractivity contribution is 0.0636. The summed E-state index contributed by atoms with van der Waals surface area (Å²) >= 11 is 0. The SMILES string of the molecule is CC(C)(C)OC(=O)Nc1ccc(Nc2ccc3c(c2)OCO3)nc1. The smallest absolute Gasteiger partial charge is 0.412 e. The van der Waals surface area contributed by atoms with Crippen molar-refractivity contribution in [3.05, 3.63) is 36.5 Å². The number of anilines is 3. The highest BCUT2D eigenvalue weighted by molar-refractivity contribution is 5.84. The molecule has 0 spiro atoms. The van der Waals surface area contributed by atoms with Gasteiger partial charge in [-0.3, -0.25) is 5.32 Å². The fourth-order valence-electron chi connectivity index (χ4n) is 2.09. The molecule has 1 amide bonds. The maximum atomic E-state index is 11.7. The fraction of sp³-hybridized carbons (Fsp3) is 0.294. The van der Waals surface area contributed by atoms with E-state index in [-0.39, 0.29) is 6.79 Å². The Hall–Kier alpha value is -2.96. The molecular formula is C17H19N3O4. The molecule has 1 aliphatic heterocycles. The van der Waals surface area contributed by atoms with Gasteiger partial charge in [-0.25, -0.2) is 9.78 Å². The largest absolute Gasteiger partial charge is 0.454 e. The van der Waals surface area contributed by atoms with Crippen molar-refractivity contribution in [3.63, 3.8) is 0 Å². The van der Waals surface area contributed by atoms with Gasteiger partial charge in [0.25, 0.3) is 0 Å². The molecule has 1 aliphatic rings. The van der Waals surface area contributed by atoms with Crippen molar-refractivity contribution in [1.82, 2.24) is 4.98 Å². The number of nitrogens with zero attached hydrogens (tertiary/aromatic N) is 1. The van der Waals surface area contributed by atoms with Crippen LogP contribution in [0.3, 0.4) is 0 Å². The first-order valence-corrected chi connectivity index (χ1v) is 7.52. The number of carbonyl (C=O) groups excluding carboxylic acids is 1. The van der Waals surface area contributed by atoms with Crippen LogP contribution in [0.2, 0.25) is 0 Å². The van der Waals surface area contributed by atoms with Crippen molar-refractivity contribution in [2.45, 2.75) is 26.4 Å². The van der Waals surface area contributed by atoms with E-state index >= 15 is 0 Å². The summed E-state index contributed by atoms with van der Waals surface area (Å²) < 4.78 is 15.8. The maximum Gasteiger partial charge on any atom is 0.412 e. The number of carbonyl (C=O) groups is 1. The number of aromatic nitrogens is 1. The van der Waals surface area contributed by atoms with Gasteiger partial charge in [-0.05, 0) is 45.0 Å². The summed E-state index contributed by atoms with van der Waals surface area (Å²) in [5.74, 6) is 2.07. The van der Waals surface area contributed by atoms with Crippen LogP contribution in [0.5, 0.6) is 11.5 Å². The van der Waals surface area contributed by atoms with Gasteiger partial charge in [-0.2, -0.15) is 0 Å². The minimum Gasteiger partial charge on any atom is -0.454 e. The first kappa shape index (κ1) is 15.9. The topological polar surface area (TPSA) is 81.7 Å². The van der Waals surface area contributed by atoms with E-state index in [0.29, 0.717) is 17.3 Å². The molecule has 0 unspecified atom stereocenters. The summed E-state index contributed by atoms with van der Waals surface area (Å²) in [7, 11) is 0. The normalized spacial score (nSPS) is 12.6. The molecule has 0 aliphatic carbocycles. The van der Waals surface area contributed by atoms with E-state index < -0.39 is 11.7 Å². The lowest BCUT2D eigenvalue weighted by atomic mass is 10.2. The second-order valence-corrected chi connectivity index (χ2v) is 6.25. The third-order valence-electron chi connectivity index (χ3n) is 3.05. The Kier molecular flexibility index (Phi) is 4.16. The maximum absolute atomic E-state index is 11.7. The summed E-state index contributed by atoms with van der Waals surface area (Å²) in [6.07, 6.45) is 1.04. The van der Waals surface area contributed by atoms with Crippen LogP contribution in [0.15, 0.2) is 36.5 Å². The Morgan fingerprint density at radius 2 is 1.88 bits per heavy atom. The number of hydrogen-bond donors (Lipinski definition) is 2. The van der Waals surface area contributed by atoms with E-state index in [0.717, 1.165) is 11.4 Å². The van der Waals surface area contributed by atoms with Crippen LogP contribution in [0.25, 0.3) is 0 Å².